The Kier molecular flexibility index (Phi) is 4.24. The van der Waals surface area contributed by atoms with E-state index in [0.29, 0.717) is 6.42 Å². The molecule has 1 aliphatic rings. The van der Waals surface area contributed by atoms with Crippen LogP contribution < -0.4 is 10.2 Å². The molecule has 1 unspecified atom stereocenters. The molecule has 1 N–H and O–H groups in total. The summed E-state index contributed by atoms with van der Waals surface area (Å²) in [6.45, 7) is 4.05. The number of hydrogen-bond acceptors (Lipinski definition) is 2. The molecule has 1 fully saturated rings. The van der Waals surface area contributed by atoms with Gasteiger partial charge in [0.25, 0.3) is 0 Å². The molecule has 2 rings (SSSR count). The summed E-state index contributed by atoms with van der Waals surface area (Å²) in [6.07, 6.45) is 1.53. The van der Waals surface area contributed by atoms with Crippen molar-refractivity contribution >= 4 is 33.4 Å². The molecule has 1 atom stereocenters. The fourth-order valence-electron chi connectivity index (χ4n) is 2.23. The van der Waals surface area contributed by atoms with Crippen molar-refractivity contribution < 1.29 is 9.59 Å². The van der Waals surface area contributed by atoms with Crippen molar-refractivity contribution in [1.29, 1.82) is 0 Å². The van der Waals surface area contributed by atoms with Gasteiger partial charge in [0.05, 0.1) is 5.69 Å². The van der Waals surface area contributed by atoms with Gasteiger partial charge in [-0.05, 0) is 47.0 Å². The number of benzene rings is 1. The molecule has 102 valence electrons. The zero-order chi connectivity index (χ0) is 14.0. The number of anilines is 1. The van der Waals surface area contributed by atoms with Gasteiger partial charge in [0.2, 0.25) is 11.8 Å². The molecule has 4 nitrogen and oxygen atoms in total. The molecule has 0 spiro atoms. The van der Waals surface area contributed by atoms with E-state index in [1.165, 1.54) is 0 Å². The first-order chi connectivity index (χ1) is 9.02. The zero-order valence-electron chi connectivity index (χ0n) is 11.1. The molecule has 1 saturated heterocycles. The first-order valence-corrected chi connectivity index (χ1v) is 7.19. The SMILES string of the molecule is CCCC1NC(=O)CN(c2cc(C)ccc2Br)C1=O. The molecule has 0 aromatic heterocycles. The monoisotopic (exact) mass is 324 g/mol. The number of carbonyl (C=O) groups is 2. The molecule has 0 aliphatic carbocycles. The summed E-state index contributed by atoms with van der Waals surface area (Å²) < 4.78 is 0.830. The number of carbonyl (C=O) groups excluding carboxylic acids is 2. The summed E-state index contributed by atoms with van der Waals surface area (Å²) in [5.41, 5.74) is 1.82. The molecule has 1 aliphatic heterocycles. The number of piperazine rings is 1. The predicted molar refractivity (Wildman–Crippen MR) is 78.1 cm³/mol. The average molecular weight is 325 g/mol. The van der Waals surface area contributed by atoms with Crippen LogP contribution >= 0.6 is 15.9 Å². The van der Waals surface area contributed by atoms with Gasteiger partial charge in [-0.3, -0.25) is 9.59 Å². The highest BCUT2D eigenvalue weighted by Crippen LogP contribution is 2.29. The van der Waals surface area contributed by atoms with E-state index in [2.05, 4.69) is 21.2 Å². The summed E-state index contributed by atoms with van der Waals surface area (Å²) in [5, 5.41) is 2.76. The van der Waals surface area contributed by atoms with Gasteiger partial charge in [-0.25, -0.2) is 0 Å². The largest absolute Gasteiger partial charge is 0.343 e. The molecule has 1 aromatic rings. The van der Waals surface area contributed by atoms with Crippen molar-refractivity contribution in [2.45, 2.75) is 32.7 Å². The lowest BCUT2D eigenvalue weighted by Gasteiger charge is -2.33. The van der Waals surface area contributed by atoms with Crippen molar-refractivity contribution in [3.05, 3.63) is 28.2 Å². The topological polar surface area (TPSA) is 49.4 Å². The van der Waals surface area contributed by atoms with Crippen molar-refractivity contribution in [3.8, 4) is 0 Å². The molecule has 2 amide bonds. The first kappa shape index (κ1) is 14.1. The maximum absolute atomic E-state index is 12.4. The van der Waals surface area contributed by atoms with Gasteiger partial charge in [0.15, 0.2) is 0 Å². The molecular formula is C14H17BrN2O2. The quantitative estimate of drug-likeness (QED) is 0.928. The Morgan fingerprint density at radius 1 is 1.42 bits per heavy atom. The molecule has 19 heavy (non-hydrogen) atoms. The summed E-state index contributed by atoms with van der Waals surface area (Å²) in [7, 11) is 0. The highest BCUT2D eigenvalue weighted by atomic mass is 79.9. The van der Waals surface area contributed by atoms with Crippen LogP contribution in [0.25, 0.3) is 0 Å². The van der Waals surface area contributed by atoms with E-state index < -0.39 is 6.04 Å². The van der Waals surface area contributed by atoms with Gasteiger partial charge >= 0.3 is 0 Å². The van der Waals surface area contributed by atoms with E-state index >= 15 is 0 Å². The molecule has 1 aromatic carbocycles. The van der Waals surface area contributed by atoms with E-state index in [-0.39, 0.29) is 18.4 Å². The van der Waals surface area contributed by atoms with E-state index in [4.69, 9.17) is 0 Å². The normalized spacial score (nSPS) is 19.5. The number of hydrogen-bond donors (Lipinski definition) is 1. The van der Waals surface area contributed by atoms with Crippen LogP contribution in [0.3, 0.4) is 0 Å². The Labute approximate surface area is 121 Å². The standard InChI is InChI=1S/C14H17BrN2O2/c1-3-4-11-14(19)17(8-13(18)16-11)12-7-9(2)5-6-10(12)15/h5-7,11H,3-4,8H2,1-2H3,(H,16,18). The van der Waals surface area contributed by atoms with Gasteiger partial charge in [-0.2, -0.15) is 0 Å². The minimum atomic E-state index is -0.404. The Morgan fingerprint density at radius 3 is 2.84 bits per heavy atom. The maximum atomic E-state index is 12.4. The van der Waals surface area contributed by atoms with E-state index in [0.717, 1.165) is 22.1 Å². The van der Waals surface area contributed by atoms with E-state index in [1.807, 2.05) is 32.0 Å². The number of aryl methyl sites for hydroxylation is 1. The molecule has 0 saturated carbocycles. The lowest BCUT2D eigenvalue weighted by atomic mass is 10.1. The third-order valence-corrected chi connectivity index (χ3v) is 3.84. The zero-order valence-corrected chi connectivity index (χ0v) is 12.7. The highest BCUT2D eigenvalue weighted by molar-refractivity contribution is 9.10. The van der Waals surface area contributed by atoms with Crippen LogP contribution in [0.4, 0.5) is 5.69 Å². The van der Waals surface area contributed by atoms with Crippen LogP contribution in [-0.2, 0) is 9.59 Å². The number of nitrogens with one attached hydrogen (secondary N) is 1. The number of rotatable bonds is 3. The van der Waals surface area contributed by atoms with Gasteiger partial charge in [-0.1, -0.05) is 19.4 Å². The van der Waals surface area contributed by atoms with E-state index in [9.17, 15) is 9.59 Å². The summed E-state index contributed by atoms with van der Waals surface area (Å²) in [4.78, 5) is 25.7. The average Bonchev–Trinajstić information content (AvgIpc) is 2.37. The first-order valence-electron chi connectivity index (χ1n) is 6.39. The highest BCUT2D eigenvalue weighted by Gasteiger charge is 2.33. The minimum absolute atomic E-state index is 0.0345. The van der Waals surface area contributed by atoms with Gasteiger partial charge in [-0.15, -0.1) is 0 Å². The lowest BCUT2D eigenvalue weighted by molar-refractivity contribution is -0.131. The second-order valence-corrected chi connectivity index (χ2v) is 5.64. The molecular weight excluding hydrogens is 308 g/mol. The fraction of sp³-hybridized carbons (Fsp3) is 0.429. The predicted octanol–water partition coefficient (Wildman–Crippen LogP) is 2.39. The van der Waals surface area contributed by atoms with Crippen molar-refractivity contribution in [1.82, 2.24) is 5.32 Å². The van der Waals surface area contributed by atoms with Crippen LogP contribution in [0, 0.1) is 6.92 Å². The summed E-state index contributed by atoms with van der Waals surface area (Å²) in [6, 6.07) is 5.38. The summed E-state index contributed by atoms with van der Waals surface area (Å²) in [5.74, 6) is -0.140. The second-order valence-electron chi connectivity index (χ2n) is 4.79. The Morgan fingerprint density at radius 2 is 2.16 bits per heavy atom. The molecule has 0 bridgehead atoms. The molecule has 5 heteroatoms. The van der Waals surface area contributed by atoms with Crippen LogP contribution in [0.15, 0.2) is 22.7 Å². The van der Waals surface area contributed by atoms with Crippen LogP contribution in [-0.4, -0.2) is 24.4 Å². The van der Waals surface area contributed by atoms with Crippen LogP contribution in [0.5, 0.6) is 0 Å². The van der Waals surface area contributed by atoms with Crippen LogP contribution in [0.1, 0.15) is 25.3 Å². The second kappa shape index (κ2) is 5.74. The van der Waals surface area contributed by atoms with Crippen molar-refractivity contribution in [3.63, 3.8) is 0 Å². The van der Waals surface area contributed by atoms with Gasteiger partial charge in [0.1, 0.15) is 12.6 Å². The number of halogens is 1. The third-order valence-electron chi connectivity index (χ3n) is 3.17. The molecule has 1 heterocycles. The van der Waals surface area contributed by atoms with Crippen LogP contribution in [0.2, 0.25) is 0 Å². The van der Waals surface area contributed by atoms with Gasteiger partial charge < -0.3 is 10.2 Å². The number of nitrogens with zero attached hydrogens (tertiary/aromatic N) is 1. The van der Waals surface area contributed by atoms with Crippen molar-refractivity contribution in [2.75, 3.05) is 11.4 Å². The number of amides is 2. The maximum Gasteiger partial charge on any atom is 0.250 e. The van der Waals surface area contributed by atoms with E-state index in [1.54, 1.807) is 4.90 Å². The summed E-state index contributed by atoms with van der Waals surface area (Å²) >= 11 is 3.45. The minimum Gasteiger partial charge on any atom is -0.343 e. The third kappa shape index (κ3) is 2.97. The Balaban J connectivity index is 2.34. The van der Waals surface area contributed by atoms with Gasteiger partial charge in [0, 0.05) is 4.47 Å². The van der Waals surface area contributed by atoms with Crippen molar-refractivity contribution in [2.24, 2.45) is 0 Å². The Bertz CT molecular complexity index is 516. The Hall–Kier alpha value is -1.36. The lowest BCUT2D eigenvalue weighted by Crippen LogP contribution is -2.58. The molecule has 0 radical (unpaired) electrons. The smallest absolute Gasteiger partial charge is 0.250 e. The fourth-order valence-corrected chi connectivity index (χ4v) is 2.69.